The monoisotopic (exact) mass is 338 g/mol. The maximum Gasteiger partial charge on any atom is 0.222 e. The minimum absolute atomic E-state index is 0.194. The normalized spacial score (nSPS) is 10.9. The molecule has 1 aromatic heterocycles. The Morgan fingerprint density at radius 1 is 1.12 bits per heavy atom. The van der Waals surface area contributed by atoms with Crippen LogP contribution in [0.25, 0.3) is 10.2 Å². The first-order valence-electron chi connectivity index (χ1n) is 8.26. The summed E-state index contributed by atoms with van der Waals surface area (Å²) in [5, 5.41) is 1.12. The Bertz CT molecular complexity index is 807. The van der Waals surface area contributed by atoms with Crippen molar-refractivity contribution in [3.05, 3.63) is 64.7 Å². The number of benzene rings is 2. The van der Waals surface area contributed by atoms with E-state index < -0.39 is 0 Å². The summed E-state index contributed by atoms with van der Waals surface area (Å²) in [5.41, 5.74) is 3.49. The molecule has 1 heterocycles. The highest BCUT2D eigenvalue weighted by atomic mass is 32.1. The Morgan fingerprint density at radius 2 is 1.88 bits per heavy atom. The van der Waals surface area contributed by atoms with E-state index in [9.17, 15) is 4.79 Å². The number of thiazole rings is 1. The third kappa shape index (κ3) is 4.01. The van der Waals surface area contributed by atoms with Crippen molar-refractivity contribution in [2.45, 2.75) is 32.7 Å². The SMILES string of the molecule is Cc1ccccc1CN(C)C(=O)CCCc1nc2ccccc2s1. The molecule has 3 aromatic rings. The molecule has 24 heavy (non-hydrogen) atoms. The summed E-state index contributed by atoms with van der Waals surface area (Å²) in [6, 6.07) is 16.4. The summed E-state index contributed by atoms with van der Waals surface area (Å²) in [4.78, 5) is 18.8. The van der Waals surface area contributed by atoms with Gasteiger partial charge in [-0.2, -0.15) is 0 Å². The van der Waals surface area contributed by atoms with Crippen molar-refractivity contribution in [2.75, 3.05) is 7.05 Å². The molecule has 3 rings (SSSR count). The van der Waals surface area contributed by atoms with Crippen molar-refractivity contribution < 1.29 is 4.79 Å². The van der Waals surface area contributed by atoms with Crippen LogP contribution in [0.2, 0.25) is 0 Å². The molecule has 2 aromatic carbocycles. The van der Waals surface area contributed by atoms with Gasteiger partial charge in [0.25, 0.3) is 0 Å². The smallest absolute Gasteiger partial charge is 0.222 e. The molecule has 3 nitrogen and oxygen atoms in total. The number of fused-ring (bicyclic) bond motifs is 1. The second kappa shape index (κ2) is 7.58. The van der Waals surface area contributed by atoms with Crippen LogP contribution in [0.15, 0.2) is 48.5 Å². The van der Waals surface area contributed by atoms with Crippen LogP contribution in [-0.4, -0.2) is 22.8 Å². The Balaban J connectivity index is 1.50. The first-order chi connectivity index (χ1) is 11.6. The lowest BCUT2D eigenvalue weighted by Crippen LogP contribution is -2.26. The van der Waals surface area contributed by atoms with Gasteiger partial charge in [0, 0.05) is 20.0 Å². The average Bonchev–Trinajstić information content (AvgIpc) is 2.99. The summed E-state index contributed by atoms with van der Waals surface area (Å²) < 4.78 is 1.22. The second-order valence-corrected chi connectivity index (χ2v) is 7.22. The number of nitrogens with zero attached hydrogens (tertiary/aromatic N) is 2. The average molecular weight is 338 g/mol. The van der Waals surface area contributed by atoms with Crippen LogP contribution in [0, 0.1) is 6.92 Å². The third-order valence-corrected chi connectivity index (χ3v) is 5.31. The molecule has 0 spiro atoms. The van der Waals surface area contributed by atoms with Crippen molar-refractivity contribution in [3.8, 4) is 0 Å². The maximum absolute atomic E-state index is 12.3. The van der Waals surface area contributed by atoms with E-state index in [0.29, 0.717) is 13.0 Å². The number of amides is 1. The molecule has 0 N–H and O–H groups in total. The molecule has 0 atom stereocenters. The summed E-state index contributed by atoms with van der Waals surface area (Å²) in [6.45, 7) is 2.76. The molecule has 0 saturated carbocycles. The first-order valence-corrected chi connectivity index (χ1v) is 9.08. The van der Waals surface area contributed by atoms with Crippen LogP contribution in [0.3, 0.4) is 0 Å². The molecule has 1 amide bonds. The van der Waals surface area contributed by atoms with Crippen molar-refractivity contribution in [3.63, 3.8) is 0 Å². The zero-order valence-electron chi connectivity index (χ0n) is 14.2. The number of carbonyl (C=O) groups excluding carboxylic acids is 1. The lowest BCUT2D eigenvalue weighted by molar-refractivity contribution is -0.130. The molecule has 0 aliphatic heterocycles. The van der Waals surface area contributed by atoms with Gasteiger partial charge in [-0.1, -0.05) is 36.4 Å². The Hall–Kier alpha value is -2.20. The van der Waals surface area contributed by atoms with Gasteiger partial charge in [-0.3, -0.25) is 4.79 Å². The van der Waals surface area contributed by atoms with Crippen LogP contribution < -0.4 is 0 Å². The van der Waals surface area contributed by atoms with Gasteiger partial charge in [0.15, 0.2) is 0 Å². The molecule has 0 aliphatic rings. The Kier molecular flexibility index (Phi) is 5.26. The van der Waals surface area contributed by atoms with E-state index >= 15 is 0 Å². The highest BCUT2D eigenvalue weighted by Gasteiger charge is 2.11. The van der Waals surface area contributed by atoms with Gasteiger partial charge in [-0.15, -0.1) is 11.3 Å². The third-order valence-electron chi connectivity index (χ3n) is 4.21. The topological polar surface area (TPSA) is 33.2 Å². The van der Waals surface area contributed by atoms with Gasteiger partial charge in [0.1, 0.15) is 0 Å². The van der Waals surface area contributed by atoms with E-state index in [2.05, 4.69) is 30.1 Å². The molecule has 124 valence electrons. The van der Waals surface area contributed by atoms with E-state index in [4.69, 9.17) is 0 Å². The predicted octanol–water partition coefficient (Wildman–Crippen LogP) is 4.59. The molecule has 0 saturated heterocycles. The Labute approximate surface area is 147 Å². The van der Waals surface area contributed by atoms with Crippen LogP contribution in [0.1, 0.15) is 29.0 Å². The summed E-state index contributed by atoms with van der Waals surface area (Å²) in [7, 11) is 1.88. The van der Waals surface area contributed by atoms with Crippen molar-refractivity contribution >= 4 is 27.5 Å². The number of aryl methyl sites for hydroxylation is 2. The summed E-state index contributed by atoms with van der Waals surface area (Å²) >= 11 is 1.73. The molecule has 0 radical (unpaired) electrons. The lowest BCUT2D eigenvalue weighted by Gasteiger charge is -2.18. The molecular formula is C20H22N2OS. The standard InChI is InChI=1S/C20H22N2OS/c1-15-8-3-4-9-16(15)14-22(2)20(23)13-7-12-19-21-17-10-5-6-11-18(17)24-19/h3-6,8-11H,7,12-14H2,1-2H3. The minimum Gasteiger partial charge on any atom is -0.341 e. The molecule has 0 aliphatic carbocycles. The van der Waals surface area contributed by atoms with E-state index in [1.807, 2.05) is 42.3 Å². The van der Waals surface area contributed by atoms with E-state index in [1.54, 1.807) is 11.3 Å². The van der Waals surface area contributed by atoms with Crippen LogP contribution >= 0.6 is 11.3 Å². The zero-order valence-corrected chi connectivity index (χ0v) is 15.0. The fourth-order valence-electron chi connectivity index (χ4n) is 2.74. The molecule has 0 bridgehead atoms. The van der Waals surface area contributed by atoms with Crippen LogP contribution in [0.5, 0.6) is 0 Å². The maximum atomic E-state index is 12.3. The highest BCUT2D eigenvalue weighted by Crippen LogP contribution is 2.22. The lowest BCUT2D eigenvalue weighted by atomic mass is 10.1. The minimum atomic E-state index is 0.194. The fraction of sp³-hybridized carbons (Fsp3) is 0.300. The van der Waals surface area contributed by atoms with Crippen molar-refractivity contribution in [1.82, 2.24) is 9.88 Å². The largest absolute Gasteiger partial charge is 0.341 e. The van der Waals surface area contributed by atoms with Crippen molar-refractivity contribution in [2.24, 2.45) is 0 Å². The molecule has 4 heteroatoms. The molecular weight excluding hydrogens is 316 g/mol. The van der Waals surface area contributed by atoms with Gasteiger partial charge < -0.3 is 4.90 Å². The van der Waals surface area contributed by atoms with Gasteiger partial charge >= 0.3 is 0 Å². The van der Waals surface area contributed by atoms with Crippen LogP contribution in [-0.2, 0) is 17.8 Å². The first kappa shape index (κ1) is 16.7. The van der Waals surface area contributed by atoms with Crippen molar-refractivity contribution in [1.29, 1.82) is 0 Å². The van der Waals surface area contributed by atoms with E-state index in [-0.39, 0.29) is 5.91 Å². The highest BCUT2D eigenvalue weighted by molar-refractivity contribution is 7.18. The molecule has 0 fully saturated rings. The van der Waals surface area contributed by atoms with E-state index in [1.165, 1.54) is 15.8 Å². The molecule has 0 unspecified atom stereocenters. The van der Waals surface area contributed by atoms with Gasteiger partial charge in [0.2, 0.25) is 5.91 Å². The summed E-state index contributed by atoms with van der Waals surface area (Å²) in [5.74, 6) is 0.194. The van der Waals surface area contributed by atoms with Gasteiger partial charge in [0.05, 0.1) is 15.2 Å². The summed E-state index contributed by atoms with van der Waals surface area (Å²) in [6.07, 6.45) is 2.28. The number of carbonyl (C=O) groups is 1. The predicted molar refractivity (Wildman–Crippen MR) is 100 cm³/mol. The van der Waals surface area contributed by atoms with Gasteiger partial charge in [-0.25, -0.2) is 4.98 Å². The zero-order chi connectivity index (χ0) is 16.9. The number of hydrogen-bond acceptors (Lipinski definition) is 3. The fourth-order valence-corrected chi connectivity index (χ4v) is 3.75. The number of para-hydroxylation sites is 1. The number of rotatable bonds is 6. The Morgan fingerprint density at radius 3 is 2.67 bits per heavy atom. The van der Waals surface area contributed by atoms with Gasteiger partial charge in [-0.05, 0) is 43.0 Å². The number of hydrogen-bond donors (Lipinski definition) is 0. The number of aromatic nitrogens is 1. The quantitative estimate of drug-likeness (QED) is 0.659. The van der Waals surface area contributed by atoms with Crippen LogP contribution in [0.4, 0.5) is 0 Å². The second-order valence-electron chi connectivity index (χ2n) is 6.11. The van der Waals surface area contributed by atoms with E-state index in [0.717, 1.165) is 23.4 Å².